The Bertz CT molecular complexity index is 857. The average Bonchev–Trinajstić information content (AvgIpc) is 2.55. The van der Waals surface area contributed by atoms with Crippen molar-refractivity contribution in [3.05, 3.63) is 64.7 Å². The predicted octanol–water partition coefficient (Wildman–Crippen LogP) is 3.38. The smallest absolute Gasteiger partial charge is 0.375 e. The van der Waals surface area contributed by atoms with Gasteiger partial charge in [-0.15, -0.1) is 0 Å². The summed E-state index contributed by atoms with van der Waals surface area (Å²) in [5, 5.41) is 10.3. The summed E-state index contributed by atoms with van der Waals surface area (Å²) in [6.45, 7) is 0.166. The van der Waals surface area contributed by atoms with Crippen LogP contribution in [0.5, 0.6) is 0 Å². The van der Waals surface area contributed by atoms with Gasteiger partial charge in [0.05, 0.1) is 11.4 Å². The zero-order valence-corrected chi connectivity index (χ0v) is 14.6. The Morgan fingerprint density at radius 2 is 1.68 bits per heavy atom. The van der Waals surface area contributed by atoms with E-state index in [4.69, 9.17) is 11.6 Å². The fourth-order valence-corrected chi connectivity index (χ4v) is 3.79. The second-order valence-corrected chi connectivity index (χ2v) is 7.55. The minimum Gasteiger partial charge on any atom is -0.375 e. The van der Waals surface area contributed by atoms with Gasteiger partial charge in [0.2, 0.25) is 10.0 Å². The van der Waals surface area contributed by atoms with Crippen LogP contribution in [0.25, 0.3) is 0 Å². The van der Waals surface area contributed by atoms with E-state index in [9.17, 15) is 26.7 Å². The van der Waals surface area contributed by atoms with Crippen LogP contribution in [0.1, 0.15) is 11.1 Å². The Balaban J connectivity index is 2.37. The maximum atomic E-state index is 13.4. The molecule has 1 atom stereocenters. The van der Waals surface area contributed by atoms with E-state index >= 15 is 0 Å². The molecule has 0 fully saturated rings. The summed E-state index contributed by atoms with van der Waals surface area (Å²) in [5.74, 6) is 0. The van der Waals surface area contributed by atoms with Crippen molar-refractivity contribution in [1.29, 1.82) is 0 Å². The first-order valence-corrected chi connectivity index (χ1v) is 8.94. The lowest BCUT2D eigenvalue weighted by Crippen LogP contribution is -2.51. The number of halogens is 4. The summed E-state index contributed by atoms with van der Waals surface area (Å²) in [7, 11) is -4.31. The van der Waals surface area contributed by atoms with Crippen molar-refractivity contribution in [2.24, 2.45) is 0 Å². The molecule has 2 rings (SSSR count). The molecule has 136 valence electrons. The molecular weight excluding hydrogens is 379 g/mol. The number of aliphatic hydroxyl groups is 1. The molecule has 0 unspecified atom stereocenters. The molecule has 2 aromatic rings. The van der Waals surface area contributed by atoms with Gasteiger partial charge in [-0.25, -0.2) is 13.1 Å². The van der Waals surface area contributed by atoms with Crippen molar-refractivity contribution < 1.29 is 26.7 Å². The highest BCUT2D eigenvalue weighted by Crippen LogP contribution is 2.38. The number of hydrogen-bond acceptors (Lipinski definition) is 3. The van der Waals surface area contributed by atoms with Crippen LogP contribution in [0.3, 0.4) is 0 Å². The molecule has 0 aliphatic carbocycles. The van der Waals surface area contributed by atoms with Gasteiger partial charge in [0, 0.05) is 5.02 Å². The summed E-state index contributed by atoms with van der Waals surface area (Å²) in [6, 6.07) is 10.3. The van der Waals surface area contributed by atoms with E-state index in [2.05, 4.69) is 0 Å². The molecular formula is C16H15ClF3NO3S. The van der Waals surface area contributed by atoms with Crippen LogP contribution in [0.4, 0.5) is 13.2 Å². The first-order chi connectivity index (χ1) is 11.5. The van der Waals surface area contributed by atoms with E-state index in [1.54, 1.807) is 0 Å². The molecule has 0 aromatic heterocycles. The van der Waals surface area contributed by atoms with Gasteiger partial charge >= 0.3 is 6.18 Å². The zero-order chi connectivity index (χ0) is 18.9. The molecule has 2 aromatic carbocycles. The van der Waals surface area contributed by atoms with Gasteiger partial charge in [0.1, 0.15) is 0 Å². The van der Waals surface area contributed by atoms with Crippen LogP contribution in [0.15, 0.2) is 53.4 Å². The number of nitrogens with one attached hydrogen (secondary N) is 1. The van der Waals surface area contributed by atoms with Crippen molar-refractivity contribution in [3.8, 4) is 0 Å². The normalized spacial score (nSPS) is 15.0. The third-order valence-electron chi connectivity index (χ3n) is 3.75. The third kappa shape index (κ3) is 3.98. The number of hydrogen-bond donors (Lipinski definition) is 2. The van der Waals surface area contributed by atoms with E-state index in [1.807, 2.05) is 4.72 Å². The number of sulfonamides is 1. The Hall–Kier alpha value is -1.61. The molecule has 9 heteroatoms. The lowest BCUT2D eigenvalue weighted by atomic mass is 9.93. The van der Waals surface area contributed by atoms with Crippen molar-refractivity contribution >= 4 is 21.6 Å². The summed E-state index contributed by atoms with van der Waals surface area (Å²) >= 11 is 5.86. The summed E-state index contributed by atoms with van der Waals surface area (Å²) in [4.78, 5) is -0.252. The molecule has 0 radical (unpaired) electrons. The first kappa shape index (κ1) is 19.7. The maximum Gasteiger partial charge on any atom is 0.422 e. The Labute approximate surface area is 148 Å². The summed E-state index contributed by atoms with van der Waals surface area (Å²) in [5.41, 5.74) is -3.63. The van der Waals surface area contributed by atoms with Gasteiger partial charge in [0.25, 0.3) is 0 Å². The Morgan fingerprint density at radius 3 is 2.24 bits per heavy atom. The SMILES string of the molecule is Cc1c(Cl)cccc1S(=O)(=O)NC[C@@](O)(c1ccccc1)C(F)(F)F. The fraction of sp³-hybridized carbons (Fsp3) is 0.250. The monoisotopic (exact) mass is 393 g/mol. The quantitative estimate of drug-likeness (QED) is 0.818. The molecule has 25 heavy (non-hydrogen) atoms. The van der Waals surface area contributed by atoms with Crippen molar-refractivity contribution in [1.82, 2.24) is 4.72 Å². The number of rotatable bonds is 5. The largest absolute Gasteiger partial charge is 0.422 e. The molecule has 0 spiro atoms. The topological polar surface area (TPSA) is 66.4 Å². The highest BCUT2D eigenvalue weighted by atomic mass is 35.5. The van der Waals surface area contributed by atoms with Crippen LogP contribution in [-0.4, -0.2) is 26.2 Å². The highest BCUT2D eigenvalue weighted by molar-refractivity contribution is 7.89. The standard InChI is InChI=1S/C16H15ClF3NO3S/c1-11-13(17)8-5-9-14(11)25(23,24)21-10-15(22,16(18,19)20)12-6-3-2-4-7-12/h2-9,21-22H,10H2,1H3/t15-/m1/s1. The van der Waals surface area contributed by atoms with Crippen LogP contribution in [-0.2, 0) is 15.6 Å². The van der Waals surface area contributed by atoms with Crippen LogP contribution in [0, 0.1) is 6.92 Å². The van der Waals surface area contributed by atoms with Crippen LogP contribution >= 0.6 is 11.6 Å². The zero-order valence-electron chi connectivity index (χ0n) is 13.0. The lowest BCUT2D eigenvalue weighted by molar-refractivity contribution is -0.263. The minimum atomic E-state index is -5.08. The average molecular weight is 394 g/mol. The Kier molecular flexibility index (Phi) is 5.48. The molecule has 2 N–H and O–H groups in total. The van der Waals surface area contributed by atoms with Crippen LogP contribution < -0.4 is 4.72 Å². The van der Waals surface area contributed by atoms with Gasteiger partial charge in [-0.05, 0) is 30.2 Å². The van der Waals surface area contributed by atoms with Crippen molar-refractivity contribution in [3.63, 3.8) is 0 Å². The molecule has 0 amide bonds. The molecule has 0 heterocycles. The Morgan fingerprint density at radius 1 is 1.08 bits per heavy atom. The molecule has 0 aliphatic heterocycles. The molecule has 0 saturated heterocycles. The minimum absolute atomic E-state index is 0.164. The molecule has 0 aliphatic rings. The van der Waals surface area contributed by atoms with Gasteiger partial charge in [-0.3, -0.25) is 0 Å². The van der Waals surface area contributed by atoms with E-state index in [1.165, 1.54) is 43.3 Å². The molecule has 0 saturated carbocycles. The lowest BCUT2D eigenvalue weighted by Gasteiger charge is -2.31. The molecule has 0 bridgehead atoms. The maximum absolute atomic E-state index is 13.4. The fourth-order valence-electron chi connectivity index (χ4n) is 2.24. The second-order valence-electron chi connectivity index (χ2n) is 5.41. The van der Waals surface area contributed by atoms with E-state index < -0.39 is 33.9 Å². The van der Waals surface area contributed by atoms with Crippen molar-refractivity contribution in [2.75, 3.05) is 6.54 Å². The van der Waals surface area contributed by atoms with E-state index in [-0.39, 0.29) is 15.5 Å². The van der Waals surface area contributed by atoms with Gasteiger partial charge in [0.15, 0.2) is 5.60 Å². The highest BCUT2D eigenvalue weighted by Gasteiger charge is 2.55. The third-order valence-corrected chi connectivity index (χ3v) is 5.70. The van der Waals surface area contributed by atoms with Crippen LogP contribution in [0.2, 0.25) is 5.02 Å². The molecule has 4 nitrogen and oxygen atoms in total. The number of alkyl halides is 3. The second kappa shape index (κ2) is 6.95. The number of benzene rings is 2. The first-order valence-electron chi connectivity index (χ1n) is 7.08. The van der Waals surface area contributed by atoms with E-state index in [0.717, 1.165) is 12.1 Å². The summed E-state index contributed by atoms with van der Waals surface area (Å²) in [6.07, 6.45) is -5.08. The van der Waals surface area contributed by atoms with E-state index in [0.29, 0.717) is 0 Å². The van der Waals surface area contributed by atoms with Crippen molar-refractivity contribution in [2.45, 2.75) is 23.6 Å². The summed E-state index contributed by atoms with van der Waals surface area (Å²) < 4.78 is 66.8. The van der Waals surface area contributed by atoms with Gasteiger partial charge < -0.3 is 5.11 Å². The van der Waals surface area contributed by atoms with Gasteiger partial charge in [-0.1, -0.05) is 48.0 Å². The predicted molar refractivity (Wildman–Crippen MR) is 87.8 cm³/mol. The van der Waals surface area contributed by atoms with Gasteiger partial charge in [-0.2, -0.15) is 13.2 Å².